The fourth-order valence-corrected chi connectivity index (χ4v) is 1.90. The molecule has 0 bridgehead atoms. The molecule has 0 fully saturated rings. The first-order valence-corrected chi connectivity index (χ1v) is 6.15. The zero-order valence-electron chi connectivity index (χ0n) is 9.97. The van der Waals surface area contributed by atoms with Crippen molar-refractivity contribution in [1.29, 1.82) is 0 Å². The fourth-order valence-electron chi connectivity index (χ4n) is 1.71. The molecule has 0 saturated carbocycles. The molecule has 0 spiro atoms. The van der Waals surface area contributed by atoms with Gasteiger partial charge in [-0.2, -0.15) is 5.10 Å². The van der Waals surface area contributed by atoms with E-state index in [0.29, 0.717) is 11.7 Å². The Bertz CT molecular complexity index is 585. The highest BCUT2D eigenvalue weighted by Crippen LogP contribution is 2.34. The molecule has 2 aromatic rings. The van der Waals surface area contributed by atoms with Gasteiger partial charge in [0, 0.05) is 18.0 Å². The first-order chi connectivity index (χ1) is 9.31. The highest BCUT2D eigenvalue weighted by Gasteiger charge is 2.13. The van der Waals surface area contributed by atoms with Crippen molar-refractivity contribution in [3.8, 4) is 11.5 Å². The van der Waals surface area contributed by atoms with Gasteiger partial charge < -0.3 is 20.1 Å². The minimum Gasteiger partial charge on any atom is -0.454 e. The van der Waals surface area contributed by atoms with E-state index in [9.17, 15) is 0 Å². The molecule has 6 nitrogen and oxygen atoms in total. The molecule has 7 heteroatoms. The van der Waals surface area contributed by atoms with E-state index in [1.54, 1.807) is 6.20 Å². The second-order valence-electron chi connectivity index (χ2n) is 3.96. The topological polar surface area (TPSA) is 71.2 Å². The summed E-state index contributed by atoms with van der Waals surface area (Å²) in [5, 5.41) is 13.4. The molecule has 1 aliphatic heterocycles. The normalized spacial score (nSPS) is 12.2. The Morgan fingerprint density at radius 2 is 2.21 bits per heavy atom. The van der Waals surface area contributed by atoms with E-state index in [-0.39, 0.29) is 6.79 Å². The van der Waals surface area contributed by atoms with Gasteiger partial charge in [0.05, 0.1) is 12.2 Å². The van der Waals surface area contributed by atoms with E-state index in [4.69, 9.17) is 21.7 Å². The van der Waals surface area contributed by atoms with E-state index >= 15 is 0 Å². The second kappa shape index (κ2) is 5.15. The van der Waals surface area contributed by atoms with Gasteiger partial charge in [0.2, 0.25) is 6.79 Å². The largest absolute Gasteiger partial charge is 0.454 e. The summed E-state index contributed by atoms with van der Waals surface area (Å²) in [5.74, 6) is 1.48. The molecule has 19 heavy (non-hydrogen) atoms. The summed E-state index contributed by atoms with van der Waals surface area (Å²) in [6.45, 7) is 0.859. The lowest BCUT2D eigenvalue weighted by atomic mass is 10.3. The predicted octanol–water partition coefficient (Wildman–Crippen LogP) is 1.62. The number of ether oxygens (including phenoxy) is 2. The van der Waals surface area contributed by atoms with E-state index < -0.39 is 0 Å². The van der Waals surface area contributed by atoms with Crippen LogP contribution in [0.3, 0.4) is 0 Å². The van der Waals surface area contributed by atoms with Crippen LogP contribution in [-0.4, -0.2) is 22.1 Å². The molecule has 0 unspecified atom stereocenters. The van der Waals surface area contributed by atoms with Crippen molar-refractivity contribution in [3.63, 3.8) is 0 Å². The number of rotatable bonds is 3. The number of benzene rings is 1. The van der Waals surface area contributed by atoms with Gasteiger partial charge in [-0.15, -0.1) is 0 Å². The summed E-state index contributed by atoms with van der Waals surface area (Å²) >= 11 is 5.21. The van der Waals surface area contributed by atoms with Gasteiger partial charge in [0.25, 0.3) is 0 Å². The van der Waals surface area contributed by atoms with Crippen molar-refractivity contribution in [2.45, 2.75) is 6.54 Å². The van der Waals surface area contributed by atoms with Crippen LogP contribution >= 0.6 is 12.2 Å². The number of H-pyrrole nitrogens is 1. The number of hydrogen-bond donors (Lipinski definition) is 3. The van der Waals surface area contributed by atoms with E-state index in [1.165, 1.54) is 0 Å². The number of thiocarbonyl (C=S) groups is 1. The molecule has 3 rings (SSSR count). The zero-order valence-corrected chi connectivity index (χ0v) is 10.8. The quantitative estimate of drug-likeness (QED) is 0.740. The summed E-state index contributed by atoms with van der Waals surface area (Å²) < 4.78 is 10.5. The van der Waals surface area contributed by atoms with Gasteiger partial charge >= 0.3 is 0 Å². The van der Waals surface area contributed by atoms with Gasteiger partial charge in [0.15, 0.2) is 16.6 Å². The first-order valence-electron chi connectivity index (χ1n) is 5.74. The maximum atomic E-state index is 5.30. The van der Waals surface area contributed by atoms with Gasteiger partial charge in [-0.1, -0.05) is 0 Å². The summed E-state index contributed by atoms with van der Waals surface area (Å²) in [6, 6.07) is 7.47. The minimum atomic E-state index is 0.265. The Morgan fingerprint density at radius 1 is 1.32 bits per heavy atom. The van der Waals surface area contributed by atoms with Crippen LogP contribution in [0.15, 0.2) is 30.5 Å². The van der Waals surface area contributed by atoms with Crippen molar-refractivity contribution in [2.24, 2.45) is 0 Å². The maximum absolute atomic E-state index is 5.30. The van der Waals surface area contributed by atoms with Crippen LogP contribution in [0.1, 0.15) is 5.69 Å². The van der Waals surface area contributed by atoms with E-state index in [1.807, 2.05) is 24.3 Å². The molecule has 1 aliphatic rings. The average molecular weight is 276 g/mol. The zero-order chi connectivity index (χ0) is 13.1. The Balaban J connectivity index is 1.57. The monoisotopic (exact) mass is 276 g/mol. The van der Waals surface area contributed by atoms with E-state index in [2.05, 4.69) is 20.8 Å². The van der Waals surface area contributed by atoms with Crippen molar-refractivity contribution in [2.75, 3.05) is 12.1 Å². The summed E-state index contributed by atoms with van der Waals surface area (Å²) in [7, 11) is 0. The minimum absolute atomic E-state index is 0.265. The molecule has 3 N–H and O–H groups in total. The van der Waals surface area contributed by atoms with Crippen molar-refractivity contribution >= 4 is 23.0 Å². The third-order valence-corrected chi connectivity index (χ3v) is 2.87. The number of aromatic nitrogens is 2. The van der Waals surface area contributed by atoms with Gasteiger partial charge in [-0.25, -0.2) is 0 Å². The third kappa shape index (κ3) is 2.76. The number of anilines is 1. The van der Waals surface area contributed by atoms with Gasteiger partial charge in [-0.3, -0.25) is 5.10 Å². The lowest BCUT2D eigenvalue weighted by molar-refractivity contribution is 0.174. The Kier molecular flexibility index (Phi) is 3.20. The highest BCUT2D eigenvalue weighted by molar-refractivity contribution is 7.80. The predicted molar refractivity (Wildman–Crippen MR) is 74.2 cm³/mol. The van der Waals surface area contributed by atoms with Gasteiger partial charge in [-0.05, 0) is 30.4 Å². The molecule has 0 radical (unpaired) electrons. The Morgan fingerprint density at radius 3 is 3.05 bits per heavy atom. The van der Waals surface area contributed by atoms with Crippen LogP contribution in [0.2, 0.25) is 0 Å². The van der Waals surface area contributed by atoms with Crippen molar-refractivity contribution in [3.05, 3.63) is 36.2 Å². The Labute approximate surface area is 115 Å². The van der Waals surface area contributed by atoms with Crippen LogP contribution in [0.5, 0.6) is 11.5 Å². The Hall–Kier alpha value is -2.28. The number of fused-ring (bicyclic) bond motifs is 1. The average Bonchev–Trinajstić information content (AvgIpc) is 3.07. The molecule has 0 amide bonds. The molecule has 0 aliphatic carbocycles. The lowest BCUT2D eigenvalue weighted by Gasteiger charge is -2.10. The number of nitrogens with one attached hydrogen (secondary N) is 3. The first kappa shape index (κ1) is 11.8. The second-order valence-corrected chi connectivity index (χ2v) is 4.37. The SMILES string of the molecule is S=C(NCc1ccn[nH]1)Nc1ccc2c(c1)OCO2. The maximum Gasteiger partial charge on any atom is 0.231 e. The number of nitrogens with zero attached hydrogens (tertiary/aromatic N) is 1. The molecule has 2 heterocycles. The molecule has 0 saturated heterocycles. The summed E-state index contributed by atoms with van der Waals surface area (Å²) in [5.41, 5.74) is 1.82. The molecule has 98 valence electrons. The smallest absolute Gasteiger partial charge is 0.231 e. The van der Waals surface area contributed by atoms with Crippen molar-refractivity contribution in [1.82, 2.24) is 15.5 Å². The van der Waals surface area contributed by atoms with Crippen molar-refractivity contribution < 1.29 is 9.47 Å². The number of aromatic amines is 1. The van der Waals surface area contributed by atoms with E-state index in [0.717, 1.165) is 22.9 Å². The number of hydrogen-bond acceptors (Lipinski definition) is 4. The molecule has 1 aromatic heterocycles. The van der Waals surface area contributed by atoms with Crippen LogP contribution < -0.4 is 20.1 Å². The molecular weight excluding hydrogens is 264 g/mol. The highest BCUT2D eigenvalue weighted by atomic mass is 32.1. The van der Waals surface area contributed by atoms with Crippen LogP contribution in [0, 0.1) is 0 Å². The fraction of sp³-hybridized carbons (Fsp3) is 0.167. The standard InChI is InChI=1S/C12H12N4O2S/c19-12(13-6-9-3-4-14-16-9)15-8-1-2-10-11(5-8)18-7-17-10/h1-5H,6-7H2,(H,14,16)(H2,13,15,19). The third-order valence-electron chi connectivity index (χ3n) is 2.63. The molecular formula is C12H12N4O2S. The lowest BCUT2D eigenvalue weighted by Crippen LogP contribution is -2.27. The summed E-state index contributed by atoms with van der Waals surface area (Å²) in [4.78, 5) is 0. The van der Waals surface area contributed by atoms with Crippen LogP contribution in [0.25, 0.3) is 0 Å². The summed E-state index contributed by atoms with van der Waals surface area (Å²) in [6.07, 6.45) is 1.70. The van der Waals surface area contributed by atoms with Gasteiger partial charge in [0.1, 0.15) is 0 Å². The molecule has 0 atom stereocenters. The molecule has 1 aromatic carbocycles. The van der Waals surface area contributed by atoms with Crippen LogP contribution in [0.4, 0.5) is 5.69 Å². The van der Waals surface area contributed by atoms with Crippen LogP contribution in [-0.2, 0) is 6.54 Å².